The van der Waals surface area contributed by atoms with E-state index in [2.05, 4.69) is 12.2 Å². The monoisotopic (exact) mass is 264 g/mol. The van der Waals surface area contributed by atoms with Gasteiger partial charge < -0.3 is 14.6 Å². The third kappa shape index (κ3) is 4.10. The van der Waals surface area contributed by atoms with E-state index < -0.39 is 0 Å². The number of hydrogen-bond acceptors (Lipinski definition) is 3. The molecule has 4 nitrogen and oxygen atoms in total. The van der Waals surface area contributed by atoms with Gasteiger partial charge in [0.15, 0.2) is 0 Å². The molecule has 0 radical (unpaired) electrons. The quantitative estimate of drug-likeness (QED) is 0.887. The molecule has 2 unspecified atom stereocenters. The second kappa shape index (κ2) is 6.75. The van der Waals surface area contributed by atoms with E-state index >= 15 is 0 Å². The predicted octanol–water partition coefficient (Wildman–Crippen LogP) is 2.20. The molecule has 0 bridgehead atoms. The zero-order valence-electron chi connectivity index (χ0n) is 11.9. The first-order valence-electron chi connectivity index (χ1n) is 7.24. The van der Waals surface area contributed by atoms with Crippen molar-refractivity contribution in [2.24, 2.45) is 0 Å². The van der Waals surface area contributed by atoms with Gasteiger partial charge in [0.05, 0.1) is 12.3 Å². The Bertz CT molecular complexity index is 383. The van der Waals surface area contributed by atoms with Gasteiger partial charge in [0.1, 0.15) is 5.76 Å². The smallest absolute Gasteiger partial charge is 0.239 e. The van der Waals surface area contributed by atoms with Gasteiger partial charge in [-0.05, 0) is 45.2 Å². The molecule has 0 aromatic carbocycles. The summed E-state index contributed by atoms with van der Waals surface area (Å²) in [7, 11) is 0. The Morgan fingerprint density at radius 3 is 2.74 bits per heavy atom. The Labute approximate surface area is 115 Å². The van der Waals surface area contributed by atoms with E-state index in [1.54, 1.807) is 6.26 Å². The van der Waals surface area contributed by atoms with Crippen molar-refractivity contribution < 1.29 is 9.21 Å². The largest absolute Gasteiger partial charge is 0.469 e. The van der Waals surface area contributed by atoms with Crippen LogP contribution in [0.4, 0.5) is 0 Å². The molecule has 19 heavy (non-hydrogen) atoms. The van der Waals surface area contributed by atoms with Gasteiger partial charge in [-0.3, -0.25) is 4.79 Å². The van der Waals surface area contributed by atoms with Crippen LogP contribution in [-0.4, -0.2) is 36.0 Å². The van der Waals surface area contributed by atoms with Crippen LogP contribution in [0.3, 0.4) is 0 Å². The van der Waals surface area contributed by atoms with Crippen LogP contribution in [0.25, 0.3) is 0 Å². The van der Waals surface area contributed by atoms with E-state index in [4.69, 9.17) is 4.42 Å². The van der Waals surface area contributed by atoms with Gasteiger partial charge in [-0.15, -0.1) is 0 Å². The Morgan fingerprint density at radius 2 is 2.11 bits per heavy atom. The second-order valence-electron chi connectivity index (χ2n) is 5.46. The van der Waals surface area contributed by atoms with Crippen LogP contribution in [0.1, 0.15) is 38.9 Å². The lowest BCUT2D eigenvalue weighted by Crippen LogP contribution is -2.49. The van der Waals surface area contributed by atoms with Crippen molar-refractivity contribution in [3.63, 3.8) is 0 Å². The molecular weight excluding hydrogens is 240 g/mol. The maximum absolute atomic E-state index is 12.3. The minimum Gasteiger partial charge on any atom is -0.469 e. The van der Waals surface area contributed by atoms with Crippen LogP contribution in [0.15, 0.2) is 22.8 Å². The summed E-state index contributed by atoms with van der Waals surface area (Å²) in [5.74, 6) is 1.18. The summed E-state index contributed by atoms with van der Waals surface area (Å²) in [6.45, 7) is 5.87. The van der Waals surface area contributed by atoms with Crippen LogP contribution in [0, 0.1) is 0 Å². The summed E-state index contributed by atoms with van der Waals surface area (Å²) >= 11 is 0. The molecule has 0 saturated carbocycles. The second-order valence-corrected chi connectivity index (χ2v) is 5.46. The maximum Gasteiger partial charge on any atom is 0.239 e. The standard InChI is InChI=1S/C15H24N2O2/c1-12(11-14-7-6-10-19-14)16-13(2)15(18)17-8-4-3-5-9-17/h6-7,10,12-13,16H,3-5,8-9,11H2,1-2H3. The van der Waals surface area contributed by atoms with Crippen LogP contribution in [0.2, 0.25) is 0 Å². The molecular formula is C15H24N2O2. The molecule has 0 spiro atoms. The van der Waals surface area contributed by atoms with Gasteiger partial charge in [0.2, 0.25) is 5.91 Å². The zero-order chi connectivity index (χ0) is 13.7. The maximum atomic E-state index is 12.3. The number of amides is 1. The van der Waals surface area contributed by atoms with Crippen molar-refractivity contribution in [2.45, 2.75) is 51.6 Å². The van der Waals surface area contributed by atoms with Crippen molar-refractivity contribution in [3.8, 4) is 0 Å². The molecule has 1 aromatic rings. The lowest BCUT2D eigenvalue weighted by Gasteiger charge is -2.30. The topological polar surface area (TPSA) is 45.5 Å². The first-order valence-corrected chi connectivity index (χ1v) is 7.24. The fourth-order valence-electron chi connectivity index (χ4n) is 2.68. The van der Waals surface area contributed by atoms with Crippen molar-refractivity contribution in [1.82, 2.24) is 10.2 Å². The molecule has 0 aliphatic carbocycles. The minimum absolute atomic E-state index is 0.122. The molecule has 106 valence electrons. The molecule has 2 atom stereocenters. The molecule has 1 amide bonds. The first kappa shape index (κ1) is 14.1. The van der Waals surface area contributed by atoms with E-state index in [0.717, 1.165) is 38.1 Å². The summed E-state index contributed by atoms with van der Waals surface area (Å²) in [4.78, 5) is 14.3. The minimum atomic E-state index is -0.122. The lowest BCUT2D eigenvalue weighted by molar-refractivity contribution is -0.134. The summed E-state index contributed by atoms with van der Waals surface area (Å²) in [5, 5.41) is 3.36. The number of carbonyl (C=O) groups is 1. The molecule has 1 aromatic heterocycles. The predicted molar refractivity (Wildman–Crippen MR) is 74.9 cm³/mol. The number of nitrogens with zero attached hydrogens (tertiary/aromatic N) is 1. The number of likely N-dealkylation sites (tertiary alicyclic amines) is 1. The SMILES string of the molecule is CC(Cc1ccco1)NC(C)C(=O)N1CCCCC1. The lowest BCUT2D eigenvalue weighted by atomic mass is 10.1. The average molecular weight is 264 g/mol. The molecule has 1 aliphatic rings. The highest BCUT2D eigenvalue weighted by Gasteiger charge is 2.23. The summed E-state index contributed by atoms with van der Waals surface area (Å²) < 4.78 is 5.33. The third-order valence-corrected chi connectivity index (χ3v) is 3.66. The van der Waals surface area contributed by atoms with Gasteiger partial charge in [-0.1, -0.05) is 0 Å². The normalized spacial score (nSPS) is 19.2. The highest BCUT2D eigenvalue weighted by molar-refractivity contribution is 5.81. The molecule has 1 N–H and O–H groups in total. The van der Waals surface area contributed by atoms with Crippen LogP contribution in [-0.2, 0) is 11.2 Å². The van der Waals surface area contributed by atoms with E-state index in [1.807, 2.05) is 24.0 Å². The van der Waals surface area contributed by atoms with Crippen LogP contribution >= 0.6 is 0 Å². The average Bonchev–Trinajstić information content (AvgIpc) is 2.91. The van der Waals surface area contributed by atoms with Crippen molar-refractivity contribution in [2.75, 3.05) is 13.1 Å². The molecule has 1 fully saturated rings. The molecule has 4 heteroatoms. The Morgan fingerprint density at radius 1 is 1.37 bits per heavy atom. The van der Waals surface area contributed by atoms with Crippen LogP contribution in [0.5, 0.6) is 0 Å². The fourth-order valence-corrected chi connectivity index (χ4v) is 2.68. The summed E-state index contributed by atoms with van der Waals surface area (Å²) in [5.41, 5.74) is 0. The van der Waals surface area contributed by atoms with E-state index in [9.17, 15) is 4.79 Å². The number of nitrogens with one attached hydrogen (secondary N) is 1. The molecule has 2 rings (SSSR count). The van der Waals surface area contributed by atoms with E-state index in [1.165, 1.54) is 6.42 Å². The number of rotatable bonds is 5. The highest BCUT2D eigenvalue weighted by atomic mass is 16.3. The highest BCUT2D eigenvalue weighted by Crippen LogP contribution is 2.11. The zero-order valence-corrected chi connectivity index (χ0v) is 11.9. The van der Waals surface area contributed by atoms with Gasteiger partial charge in [-0.2, -0.15) is 0 Å². The van der Waals surface area contributed by atoms with Crippen molar-refractivity contribution in [3.05, 3.63) is 24.2 Å². The van der Waals surface area contributed by atoms with Crippen molar-refractivity contribution >= 4 is 5.91 Å². The fraction of sp³-hybridized carbons (Fsp3) is 0.667. The number of furan rings is 1. The summed E-state index contributed by atoms with van der Waals surface area (Å²) in [6.07, 6.45) is 6.02. The Kier molecular flexibility index (Phi) is 5.02. The van der Waals surface area contributed by atoms with Crippen molar-refractivity contribution in [1.29, 1.82) is 0 Å². The van der Waals surface area contributed by atoms with Gasteiger partial charge >= 0.3 is 0 Å². The Balaban J connectivity index is 1.78. The molecule has 1 saturated heterocycles. The van der Waals surface area contributed by atoms with Gasteiger partial charge in [-0.25, -0.2) is 0 Å². The van der Waals surface area contributed by atoms with Gasteiger partial charge in [0, 0.05) is 25.6 Å². The Hall–Kier alpha value is -1.29. The number of carbonyl (C=O) groups excluding carboxylic acids is 1. The molecule has 2 heterocycles. The van der Waals surface area contributed by atoms with E-state index in [0.29, 0.717) is 0 Å². The van der Waals surface area contributed by atoms with Crippen LogP contribution < -0.4 is 5.32 Å². The molecule has 1 aliphatic heterocycles. The summed E-state index contributed by atoms with van der Waals surface area (Å²) in [6, 6.07) is 3.97. The number of hydrogen-bond donors (Lipinski definition) is 1. The van der Waals surface area contributed by atoms with E-state index in [-0.39, 0.29) is 18.0 Å². The number of piperidine rings is 1. The third-order valence-electron chi connectivity index (χ3n) is 3.66. The van der Waals surface area contributed by atoms with Gasteiger partial charge in [0.25, 0.3) is 0 Å². The first-order chi connectivity index (χ1) is 9.16.